The van der Waals surface area contributed by atoms with Crippen LogP contribution in [0, 0.1) is 11.8 Å². The highest BCUT2D eigenvalue weighted by atomic mass is 16.6. The lowest BCUT2D eigenvalue weighted by atomic mass is 9.93. The van der Waals surface area contributed by atoms with Crippen LogP contribution in [-0.4, -0.2) is 22.6 Å². The van der Waals surface area contributed by atoms with Crippen molar-refractivity contribution in [2.45, 2.75) is 52.1 Å². The van der Waals surface area contributed by atoms with E-state index in [1.54, 1.807) is 0 Å². The molecule has 0 amide bonds. The molecule has 1 fully saturated rings. The lowest BCUT2D eigenvalue weighted by molar-refractivity contribution is -0.156. The van der Waals surface area contributed by atoms with Crippen molar-refractivity contribution < 1.29 is 19.4 Å². The van der Waals surface area contributed by atoms with E-state index in [1.807, 2.05) is 20.8 Å². The fraction of sp³-hybridized carbons (Fsp3) is 0.833. The van der Waals surface area contributed by atoms with Crippen LogP contribution < -0.4 is 0 Å². The van der Waals surface area contributed by atoms with Gasteiger partial charge in [-0.05, 0) is 39.5 Å². The number of ether oxygens (including phenoxy) is 1. The van der Waals surface area contributed by atoms with Crippen LogP contribution in [0.3, 0.4) is 0 Å². The van der Waals surface area contributed by atoms with E-state index in [9.17, 15) is 9.59 Å². The third-order valence-electron chi connectivity index (χ3n) is 2.83. The van der Waals surface area contributed by atoms with E-state index in [0.29, 0.717) is 6.42 Å². The van der Waals surface area contributed by atoms with Crippen molar-refractivity contribution in [3.05, 3.63) is 0 Å². The summed E-state index contributed by atoms with van der Waals surface area (Å²) in [5.41, 5.74) is -0.492. The summed E-state index contributed by atoms with van der Waals surface area (Å²) < 4.78 is 5.20. The Kier molecular flexibility index (Phi) is 3.94. The van der Waals surface area contributed by atoms with Gasteiger partial charge in [0, 0.05) is 6.42 Å². The van der Waals surface area contributed by atoms with Crippen LogP contribution >= 0.6 is 0 Å². The van der Waals surface area contributed by atoms with E-state index in [0.717, 1.165) is 12.8 Å². The van der Waals surface area contributed by atoms with Crippen LogP contribution in [-0.2, 0) is 14.3 Å². The summed E-state index contributed by atoms with van der Waals surface area (Å²) in [6.07, 6.45) is 2.62. The molecule has 0 radical (unpaired) electrons. The number of carboxylic acid groups (broad SMARTS) is 1. The maximum Gasteiger partial charge on any atom is 0.306 e. The van der Waals surface area contributed by atoms with Crippen molar-refractivity contribution in [1.29, 1.82) is 0 Å². The van der Waals surface area contributed by atoms with Crippen LogP contribution in [0.1, 0.15) is 46.5 Å². The molecule has 0 aromatic heterocycles. The Morgan fingerprint density at radius 1 is 1.31 bits per heavy atom. The average Bonchev–Trinajstić information content (AvgIpc) is 2.47. The normalized spacial score (nSPS) is 25.4. The molecule has 4 heteroatoms. The molecule has 4 nitrogen and oxygen atoms in total. The van der Waals surface area contributed by atoms with E-state index in [4.69, 9.17) is 9.84 Å². The molecule has 0 heterocycles. The molecule has 1 saturated carbocycles. The number of rotatable bonds is 3. The molecule has 0 aromatic carbocycles. The van der Waals surface area contributed by atoms with Crippen LogP contribution in [0.4, 0.5) is 0 Å². The molecule has 1 rings (SSSR count). The molecule has 0 spiro atoms. The molecule has 0 aromatic rings. The first-order valence-electron chi connectivity index (χ1n) is 5.74. The third kappa shape index (κ3) is 3.83. The van der Waals surface area contributed by atoms with Gasteiger partial charge in [-0.1, -0.05) is 6.42 Å². The quantitative estimate of drug-likeness (QED) is 0.752. The van der Waals surface area contributed by atoms with Gasteiger partial charge in [-0.15, -0.1) is 0 Å². The Hall–Kier alpha value is -1.06. The second kappa shape index (κ2) is 4.85. The van der Waals surface area contributed by atoms with Gasteiger partial charge in [0.05, 0.1) is 5.92 Å². The van der Waals surface area contributed by atoms with Crippen molar-refractivity contribution >= 4 is 11.9 Å². The highest BCUT2D eigenvalue weighted by Gasteiger charge is 2.35. The predicted octanol–water partition coefficient (Wildman–Crippen LogP) is 2.22. The lowest BCUT2D eigenvalue weighted by Crippen LogP contribution is -2.27. The van der Waals surface area contributed by atoms with Crippen LogP contribution in [0.2, 0.25) is 0 Å². The zero-order valence-corrected chi connectivity index (χ0v) is 10.2. The Morgan fingerprint density at radius 2 is 1.94 bits per heavy atom. The van der Waals surface area contributed by atoms with E-state index < -0.39 is 11.6 Å². The van der Waals surface area contributed by atoms with Gasteiger partial charge in [-0.3, -0.25) is 9.59 Å². The van der Waals surface area contributed by atoms with Crippen molar-refractivity contribution in [3.63, 3.8) is 0 Å². The Bertz CT molecular complexity index is 277. The summed E-state index contributed by atoms with van der Waals surface area (Å²) in [6.45, 7) is 5.44. The van der Waals surface area contributed by atoms with Crippen molar-refractivity contribution in [1.82, 2.24) is 0 Å². The molecule has 0 bridgehead atoms. The van der Waals surface area contributed by atoms with Gasteiger partial charge in [0.2, 0.25) is 0 Å². The first-order chi connectivity index (χ1) is 7.29. The van der Waals surface area contributed by atoms with Crippen molar-refractivity contribution in [3.8, 4) is 0 Å². The first kappa shape index (κ1) is 13.0. The molecular weight excluding hydrogens is 208 g/mol. The Labute approximate surface area is 96.0 Å². The fourth-order valence-corrected chi connectivity index (χ4v) is 2.20. The van der Waals surface area contributed by atoms with Crippen molar-refractivity contribution in [2.24, 2.45) is 11.8 Å². The molecule has 0 unspecified atom stereocenters. The Morgan fingerprint density at radius 3 is 2.44 bits per heavy atom. The minimum absolute atomic E-state index is 0.0488. The lowest BCUT2D eigenvalue weighted by Gasteiger charge is -2.22. The van der Waals surface area contributed by atoms with Crippen molar-refractivity contribution in [2.75, 3.05) is 0 Å². The van der Waals surface area contributed by atoms with Gasteiger partial charge in [-0.2, -0.15) is 0 Å². The molecule has 1 N–H and O–H groups in total. The van der Waals surface area contributed by atoms with Gasteiger partial charge in [0.25, 0.3) is 0 Å². The number of aliphatic carboxylic acids is 1. The first-order valence-corrected chi connectivity index (χ1v) is 5.74. The van der Waals surface area contributed by atoms with E-state index in [2.05, 4.69) is 0 Å². The largest absolute Gasteiger partial charge is 0.481 e. The highest BCUT2D eigenvalue weighted by Crippen LogP contribution is 2.34. The highest BCUT2D eigenvalue weighted by molar-refractivity contribution is 5.74. The number of carbonyl (C=O) groups excluding carboxylic acids is 1. The smallest absolute Gasteiger partial charge is 0.306 e. The van der Waals surface area contributed by atoms with Gasteiger partial charge in [0.15, 0.2) is 0 Å². The number of carboxylic acids is 1. The van der Waals surface area contributed by atoms with Gasteiger partial charge < -0.3 is 9.84 Å². The molecule has 16 heavy (non-hydrogen) atoms. The number of hydrogen-bond acceptors (Lipinski definition) is 3. The minimum atomic E-state index is -0.786. The fourth-order valence-electron chi connectivity index (χ4n) is 2.20. The second-order valence-electron chi connectivity index (χ2n) is 5.43. The molecular formula is C12H20O4. The molecule has 1 aliphatic rings. The van der Waals surface area contributed by atoms with Gasteiger partial charge >= 0.3 is 11.9 Å². The zero-order valence-electron chi connectivity index (χ0n) is 10.2. The minimum Gasteiger partial charge on any atom is -0.481 e. The summed E-state index contributed by atoms with van der Waals surface area (Å²) in [5, 5.41) is 8.98. The Balaban J connectivity index is 2.47. The van der Waals surface area contributed by atoms with E-state index >= 15 is 0 Å². The average molecular weight is 228 g/mol. The zero-order chi connectivity index (χ0) is 12.3. The van der Waals surface area contributed by atoms with Gasteiger partial charge in [-0.25, -0.2) is 0 Å². The topological polar surface area (TPSA) is 63.6 Å². The maximum atomic E-state index is 11.6. The van der Waals surface area contributed by atoms with Gasteiger partial charge in [0.1, 0.15) is 5.60 Å². The summed E-state index contributed by atoms with van der Waals surface area (Å²) in [7, 11) is 0. The number of carbonyl (C=O) groups is 2. The SMILES string of the molecule is CC(C)(C)OC(=O)C[C@H]1CCC[C@H]1C(=O)O. The molecule has 1 aliphatic carbocycles. The summed E-state index contributed by atoms with van der Waals surface area (Å²) >= 11 is 0. The van der Waals surface area contributed by atoms with E-state index in [-0.39, 0.29) is 24.2 Å². The van der Waals surface area contributed by atoms with Crippen LogP contribution in [0.25, 0.3) is 0 Å². The number of hydrogen-bond donors (Lipinski definition) is 1. The summed E-state index contributed by atoms with van der Waals surface area (Å²) in [4.78, 5) is 22.5. The summed E-state index contributed by atoms with van der Waals surface area (Å²) in [6, 6.07) is 0. The molecule has 0 saturated heterocycles. The standard InChI is InChI=1S/C12H20O4/c1-12(2,3)16-10(13)7-8-5-4-6-9(8)11(14)15/h8-9H,4-7H2,1-3H3,(H,14,15)/t8-,9-/m1/s1. The molecule has 2 atom stereocenters. The third-order valence-corrected chi connectivity index (χ3v) is 2.83. The van der Waals surface area contributed by atoms with Crippen LogP contribution in [0.15, 0.2) is 0 Å². The predicted molar refractivity (Wildman–Crippen MR) is 58.9 cm³/mol. The maximum absolute atomic E-state index is 11.6. The second-order valence-corrected chi connectivity index (χ2v) is 5.43. The van der Waals surface area contributed by atoms with E-state index in [1.165, 1.54) is 0 Å². The monoisotopic (exact) mass is 228 g/mol. The van der Waals surface area contributed by atoms with Crippen LogP contribution in [0.5, 0.6) is 0 Å². The molecule has 0 aliphatic heterocycles. The number of esters is 1. The summed E-state index contributed by atoms with van der Waals surface area (Å²) in [5.74, 6) is -1.49. The molecule has 92 valence electrons.